The quantitative estimate of drug-likeness (QED) is 0.918. The molecule has 0 saturated carbocycles. The molecule has 0 spiro atoms. The number of halogens is 1. The molecule has 0 aliphatic rings. The van der Waals surface area contributed by atoms with Gasteiger partial charge >= 0.3 is 0 Å². The Labute approximate surface area is 113 Å². The van der Waals surface area contributed by atoms with E-state index in [0.717, 1.165) is 10.2 Å². The topological polar surface area (TPSA) is 72.7 Å². The minimum Gasteiger partial charge on any atom is -0.306 e. The molecule has 7 heteroatoms. The third kappa shape index (κ3) is 2.26. The first-order valence-corrected chi connectivity index (χ1v) is 6.07. The first kappa shape index (κ1) is 12.7. The molecule has 0 bridgehead atoms. The summed E-state index contributed by atoms with van der Waals surface area (Å²) in [7, 11) is 1.77. The minimum absolute atomic E-state index is 0.253. The Morgan fingerprint density at radius 1 is 1.39 bits per heavy atom. The van der Waals surface area contributed by atoms with Crippen molar-refractivity contribution in [3.63, 3.8) is 0 Å². The molecule has 0 atom stereocenters. The molecule has 1 amide bonds. The van der Waals surface area contributed by atoms with Crippen LogP contribution in [-0.2, 0) is 7.05 Å². The normalized spacial score (nSPS) is 10.4. The molecule has 0 saturated heterocycles. The Kier molecular flexibility index (Phi) is 3.42. The van der Waals surface area contributed by atoms with Crippen molar-refractivity contribution >= 4 is 27.7 Å². The summed E-state index contributed by atoms with van der Waals surface area (Å²) >= 11 is 3.39. The van der Waals surface area contributed by atoms with E-state index < -0.39 is 0 Å². The first-order chi connectivity index (χ1) is 8.50. The van der Waals surface area contributed by atoms with Crippen LogP contribution in [0.5, 0.6) is 0 Å². The van der Waals surface area contributed by atoms with Gasteiger partial charge in [0.1, 0.15) is 12.1 Å². The van der Waals surface area contributed by atoms with Crippen LogP contribution < -0.4 is 5.32 Å². The van der Waals surface area contributed by atoms with Crippen molar-refractivity contribution in [3.8, 4) is 0 Å². The van der Waals surface area contributed by atoms with Crippen molar-refractivity contribution in [3.05, 3.63) is 33.9 Å². The van der Waals surface area contributed by atoms with Crippen LogP contribution in [0.3, 0.4) is 0 Å². The van der Waals surface area contributed by atoms with Crippen LogP contribution in [0, 0.1) is 13.8 Å². The van der Waals surface area contributed by atoms with Gasteiger partial charge in [-0.1, -0.05) is 0 Å². The van der Waals surface area contributed by atoms with Gasteiger partial charge in [0.15, 0.2) is 0 Å². The van der Waals surface area contributed by atoms with E-state index in [9.17, 15) is 4.79 Å². The zero-order valence-electron chi connectivity index (χ0n) is 10.2. The van der Waals surface area contributed by atoms with Crippen molar-refractivity contribution < 1.29 is 4.79 Å². The van der Waals surface area contributed by atoms with Gasteiger partial charge in [-0.05, 0) is 29.8 Å². The smallest absolute Gasteiger partial charge is 0.260 e. The molecule has 2 heterocycles. The number of anilines is 1. The van der Waals surface area contributed by atoms with Gasteiger partial charge in [-0.3, -0.25) is 9.48 Å². The Morgan fingerprint density at radius 2 is 2.11 bits per heavy atom. The maximum Gasteiger partial charge on any atom is 0.260 e. The highest BCUT2D eigenvalue weighted by Gasteiger charge is 2.16. The third-order valence-corrected chi connectivity index (χ3v) is 3.49. The number of hydrogen-bond acceptors (Lipinski definition) is 4. The molecule has 1 N–H and O–H groups in total. The fourth-order valence-corrected chi connectivity index (χ4v) is 1.99. The van der Waals surface area contributed by atoms with Crippen LogP contribution >= 0.6 is 15.9 Å². The lowest BCUT2D eigenvalue weighted by atomic mass is 10.2. The van der Waals surface area contributed by atoms with Gasteiger partial charge in [0, 0.05) is 13.2 Å². The largest absolute Gasteiger partial charge is 0.306 e. The average molecular weight is 310 g/mol. The van der Waals surface area contributed by atoms with Crippen LogP contribution in [0.4, 0.5) is 5.82 Å². The van der Waals surface area contributed by atoms with E-state index >= 15 is 0 Å². The molecule has 0 aliphatic carbocycles. The van der Waals surface area contributed by atoms with Crippen LogP contribution in [-0.4, -0.2) is 25.7 Å². The van der Waals surface area contributed by atoms with Crippen LogP contribution in [0.25, 0.3) is 0 Å². The molecule has 18 heavy (non-hydrogen) atoms. The second-order valence-corrected chi connectivity index (χ2v) is 4.64. The molecule has 2 aromatic heterocycles. The Bertz CT molecular complexity index is 607. The number of nitrogens with one attached hydrogen (secondary N) is 1. The van der Waals surface area contributed by atoms with Crippen molar-refractivity contribution in [1.82, 2.24) is 19.7 Å². The summed E-state index contributed by atoms with van der Waals surface area (Å²) < 4.78 is 2.38. The molecular weight excluding hydrogens is 298 g/mol. The number of nitrogens with zero attached hydrogens (tertiary/aromatic N) is 4. The highest BCUT2D eigenvalue weighted by atomic mass is 79.9. The Hall–Kier alpha value is -1.76. The average Bonchev–Trinajstić information content (AvgIpc) is 2.56. The summed E-state index contributed by atoms with van der Waals surface area (Å²) in [5.74, 6) is 0.359. The molecule has 0 fully saturated rings. The number of amides is 1. The van der Waals surface area contributed by atoms with E-state index in [-0.39, 0.29) is 5.91 Å². The highest BCUT2D eigenvalue weighted by Crippen LogP contribution is 2.25. The molecule has 0 unspecified atom stereocenters. The van der Waals surface area contributed by atoms with E-state index in [1.807, 2.05) is 6.92 Å². The van der Waals surface area contributed by atoms with Crippen LogP contribution in [0.1, 0.15) is 21.7 Å². The van der Waals surface area contributed by atoms with Gasteiger partial charge < -0.3 is 5.32 Å². The van der Waals surface area contributed by atoms with E-state index in [4.69, 9.17) is 0 Å². The van der Waals surface area contributed by atoms with Gasteiger partial charge in [-0.2, -0.15) is 5.10 Å². The number of carbonyl (C=O) groups excluding carboxylic acids is 1. The maximum absolute atomic E-state index is 12.1. The van der Waals surface area contributed by atoms with Gasteiger partial charge in [0.05, 0.1) is 21.4 Å². The standard InChI is InChI=1S/C11H12BrN5O/c1-6-8(4-13-5-14-6)11(18)15-10-9(12)7(2)16-17(10)3/h4-5H,1-3H3,(H,15,18). The van der Waals surface area contributed by atoms with Gasteiger partial charge in [-0.15, -0.1) is 0 Å². The van der Waals surface area contributed by atoms with Crippen molar-refractivity contribution in [1.29, 1.82) is 0 Å². The Balaban J connectivity index is 2.30. The number of carbonyl (C=O) groups is 1. The predicted octanol–water partition coefficient (Wildman–Crippen LogP) is 1.84. The first-order valence-electron chi connectivity index (χ1n) is 5.27. The zero-order chi connectivity index (χ0) is 13.3. The summed E-state index contributed by atoms with van der Waals surface area (Å²) in [6.07, 6.45) is 2.91. The lowest BCUT2D eigenvalue weighted by molar-refractivity contribution is 0.102. The van der Waals surface area contributed by atoms with Crippen LogP contribution in [0.2, 0.25) is 0 Å². The number of hydrogen-bond donors (Lipinski definition) is 1. The molecule has 2 rings (SSSR count). The van der Waals surface area contributed by atoms with Crippen molar-refractivity contribution in [2.75, 3.05) is 5.32 Å². The molecule has 0 radical (unpaired) electrons. The van der Waals surface area contributed by atoms with E-state index in [2.05, 4.69) is 36.3 Å². The summed E-state index contributed by atoms with van der Waals surface area (Å²) in [6, 6.07) is 0. The van der Waals surface area contributed by atoms with E-state index in [1.165, 1.54) is 12.5 Å². The van der Waals surface area contributed by atoms with Gasteiger partial charge in [0.2, 0.25) is 0 Å². The lowest BCUT2D eigenvalue weighted by Gasteiger charge is -2.07. The van der Waals surface area contributed by atoms with E-state index in [0.29, 0.717) is 17.1 Å². The number of rotatable bonds is 2. The summed E-state index contributed by atoms with van der Waals surface area (Å²) in [4.78, 5) is 19.9. The molecule has 94 valence electrons. The predicted molar refractivity (Wildman–Crippen MR) is 70.4 cm³/mol. The van der Waals surface area contributed by atoms with Crippen molar-refractivity contribution in [2.24, 2.45) is 7.05 Å². The summed E-state index contributed by atoms with van der Waals surface area (Å²) in [6.45, 7) is 3.62. The molecular formula is C11H12BrN5O. The zero-order valence-corrected chi connectivity index (χ0v) is 11.8. The van der Waals surface area contributed by atoms with Crippen LogP contribution in [0.15, 0.2) is 17.0 Å². The monoisotopic (exact) mass is 309 g/mol. The second-order valence-electron chi connectivity index (χ2n) is 3.85. The SMILES string of the molecule is Cc1ncncc1C(=O)Nc1c(Br)c(C)nn1C. The lowest BCUT2D eigenvalue weighted by Crippen LogP contribution is -2.16. The third-order valence-electron chi connectivity index (χ3n) is 2.54. The van der Waals surface area contributed by atoms with Gasteiger partial charge in [0.25, 0.3) is 5.91 Å². The molecule has 2 aromatic rings. The van der Waals surface area contributed by atoms with Gasteiger partial charge in [-0.25, -0.2) is 9.97 Å². The molecule has 0 aromatic carbocycles. The molecule has 6 nitrogen and oxygen atoms in total. The highest BCUT2D eigenvalue weighted by molar-refractivity contribution is 9.10. The number of aromatic nitrogens is 4. The summed E-state index contributed by atoms with van der Waals surface area (Å²) in [5.41, 5.74) is 1.90. The summed E-state index contributed by atoms with van der Waals surface area (Å²) in [5, 5.41) is 6.99. The molecule has 0 aliphatic heterocycles. The fourth-order valence-electron chi connectivity index (χ4n) is 1.56. The minimum atomic E-state index is -0.253. The van der Waals surface area contributed by atoms with Crippen molar-refractivity contribution in [2.45, 2.75) is 13.8 Å². The fraction of sp³-hybridized carbons (Fsp3) is 0.273. The Morgan fingerprint density at radius 3 is 2.67 bits per heavy atom. The van der Waals surface area contributed by atoms with E-state index in [1.54, 1.807) is 18.7 Å². The maximum atomic E-state index is 12.1. The number of aryl methyl sites for hydroxylation is 3. The second kappa shape index (κ2) is 4.85.